The first kappa shape index (κ1) is 14.6. The van der Waals surface area contributed by atoms with E-state index in [0.717, 1.165) is 5.56 Å². The summed E-state index contributed by atoms with van der Waals surface area (Å²) in [6, 6.07) is 1.81. The topological polar surface area (TPSA) is 31.4 Å². The van der Waals surface area contributed by atoms with Crippen LogP contribution in [0.5, 0.6) is 0 Å². The van der Waals surface area contributed by atoms with E-state index < -0.39 is 7.12 Å². The van der Waals surface area contributed by atoms with Crippen molar-refractivity contribution in [3.8, 4) is 0 Å². The molecule has 1 aromatic heterocycles. The maximum absolute atomic E-state index is 6.23. The zero-order valence-electron chi connectivity index (χ0n) is 11.9. The summed E-state index contributed by atoms with van der Waals surface area (Å²) in [5.41, 5.74) is 0.922. The van der Waals surface area contributed by atoms with Gasteiger partial charge in [0, 0.05) is 11.2 Å². The second-order valence-corrected chi connectivity index (χ2v) is 6.19. The number of aromatic nitrogens is 1. The molecule has 0 N–H and O–H groups in total. The lowest BCUT2D eigenvalue weighted by Gasteiger charge is -2.32. The molecule has 2 heterocycles. The van der Waals surface area contributed by atoms with Crippen LogP contribution in [0.25, 0.3) is 0 Å². The lowest BCUT2D eigenvalue weighted by atomic mass is 9.84. The zero-order chi connectivity index (χ0) is 14.3. The lowest BCUT2D eigenvalue weighted by Crippen LogP contribution is -2.41. The van der Waals surface area contributed by atoms with Crippen molar-refractivity contribution in [1.29, 1.82) is 0 Å². The molecule has 0 aromatic carbocycles. The van der Waals surface area contributed by atoms with Crippen LogP contribution in [0.1, 0.15) is 33.3 Å². The third-order valence-corrected chi connectivity index (χ3v) is 4.16. The molecule has 0 atom stereocenters. The van der Waals surface area contributed by atoms with Gasteiger partial charge in [0.2, 0.25) is 0 Å². The monoisotopic (exact) mass is 279 g/mol. The summed E-state index contributed by atoms with van der Waals surface area (Å²) >= 11 is 6.23. The Kier molecular flexibility index (Phi) is 3.78. The van der Waals surface area contributed by atoms with Crippen LogP contribution in [0, 0.1) is 0 Å². The number of allylic oxidation sites excluding steroid dienone is 1. The number of hydrogen-bond donors (Lipinski definition) is 0. The average molecular weight is 280 g/mol. The molecule has 3 nitrogen and oxygen atoms in total. The van der Waals surface area contributed by atoms with E-state index in [2.05, 4.69) is 11.6 Å². The van der Waals surface area contributed by atoms with E-state index in [9.17, 15) is 0 Å². The third-order valence-electron chi connectivity index (χ3n) is 3.81. The molecule has 5 heteroatoms. The number of pyridine rings is 1. The first-order valence-corrected chi connectivity index (χ1v) is 6.75. The SMILES string of the molecule is C=CCc1cnc(B2OC(C)(C)C(C)(C)O2)cc1Cl. The normalized spacial score (nSPS) is 20.6. The van der Waals surface area contributed by atoms with Crippen LogP contribution in [-0.2, 0) is 15.7 Å². The summed E-state index contributed by atoms with van der Waals surface area (Å²) in [6.45, 7) is 11.8. The zero-order valence-corrected chi connectivity index (χ0v) is 12.6. The number of rotatable bonds is 3. The smallest absolute Gasteiger partial charge is 0.398 e. The van der Waals surface area contributed by atoms with E-state index >= 15 is 0 Å². The van der Waals surface area contributed by atoms with E-state index in [1.54, 1.807) is 12.3 Å². The van der Waals surface area contributed by atoms with Gasteiger partial charge in [0.25, 0.3) is 0 Å². The second kappa shape index (κ2) is 4.93. The van der Waals surface area contributed by atoms with Crippen LogP contribution in [0.3, 0.4) is 0 Å². The Balaban J connectivity index is 2.25. The highest BCUT2D eigenvalue weighted by Gasteiger charge is 2.52. The maximum atomic E-state index is 6.23. The first-order valence-electron chi connectivity index (χ1n) is 6.38. The van der Waals surface area contributed by atoms with Crippen LogP contribution in [-0.4, -0.2) is 23.3 Å². The van der Waals surface area contributed by atoms with Gasteiger partial charge in [-0.2, -0.15) is 0 Å². The standard InChI is InChI=1S/C14H19BClNO2/c1-6-7-10-9-17-12(8-11(10)16)15-18-13(2,3)14(4,5)19-15/h6,8-9H,1,7H2,2-5H3. The minimum atomic E-state index is -0.472. The molecule has 1 aromatic rings. The van der Waals surface area contributed by atoms with Crippen molar-refractivity contribution in [3.63, 3.8) is 0 Å². The fourth-order valence-electron chi connectivity index (χ4n) is 1.87. The van der Waals surface area contributed by atoms with Gasteiger partial charge in [-0.05, 0) is 45.7 Å². The Morgan fingerprint density at radius 1 is 1.32 bits per heavy atom. The van der Waals surface area contributed by atoms with E-state index in [1.165, 1.54) is 0 Å². The molecule has 0 bridgehead atoms. The second-order valence-electron chi connectivity index (χ2n) is 5.78. The highest BCUT2D eigenvalue weighted by molar-refractivity contribution is 6.61. The van der Waals surface area contributed by atoms with Crippen molar-refractivity contribution in [1.82, 2.24) is 4.98 Å². The molecular weight excluding hydrogens is 260 g/mol. The minimum absolute atomic E-state index is 0.369. The van der Waals surface area contributed by atoms with Crippen LogP contribution in [0.4, 0.5) is 0 Å². The molecule has 0 spiro atoms. The van der Waals surface area contributed by atoms with Gasteiger partial charge in [-0.1, -0.05) is 17.7 Å². The Labute approximate surface area is 120 Å². The largest absolute Gasteiger partial charge is 0.514 e. The van der Waals surface area contributed by atoms with Crippen molar-refractivity contribution in [3.05, 3.63) is 35.5 Å². The molecular formula is C14H19BClNO2. The van der Waals surface area contributed by atoms with Gasteiger partial charge in [0.05, 0.1) is 16.8 Å². The molecule has 0 unspecified atom stereocenters. The van der Waals surface area contributed by atoms with E-state index in [1.807, 2.05) is 33.8 Å². The lowest BCUT2D eigenvalue weighted by molar-refractivity contribution is 0.00578. The van der Waals surface area contributed by atoms with Crippen LogP contribution < -0.4 is 5.59 Å². The van der Waals surface area contributed by atoms with Crippen LogP contribution in [0.15, 0.2) is 24.9 Å². The van der Waals surface area contributed by atoms with Gasteiger partial charge < -0.3 is 9.31 Å². The number of nitrogens with zero attached hydrogens (tertiary/aromatic N) is 1. The van der Waals surface area contributed by atoms with E-state index in [-0.39, 0.29) is 11.2 Å². The van der Waals surface area contributed by atoms with Gasteiger partial charge in [-0.15, -0.1) is 6.58 Å². The molecule has 0 saturated carbocycles. The fourth-order valence-corrected chi connectivity index (χ4v) is 2.11. The third kappa shape index (κ3) is 2.71. The van der Waals surface area contributed by atoms with Crippen molar-refractivity contribution in [2.24, 2.45) is 0 Å². The predicted molar refractivity (Wildman–Crippen MR) is 78.9 cm³/mol. The molecule has 2 rings (SSSR count). The van der Waals surface area contributed by atoms with Gasteiger partial charge in [0.15, 0.2) is 0 Å². The highest BCUT2D eigenvalue weighted by Crippen LogP contribution is 2.36. The summed E-state index contributed by atoms with van der Waals surface area (Å²) in [7, 11) is -0.472. The van der Waals surface area contributed by atoms with Gasteiger partial charge >= 0.3 is 7.12 Å². The Morgan fingerprint density at radius 3 is 2.37 bits per heavy atom. The maximum Gasteiger partial charge on any atom is 0.514 e. The van der Waals surface area contributed by atoms with Crippen LogP contribution >= 0.6 is 11.6 Å². The summed E-state index contributed by atoms with van der Waals surface area (Å²) in [4.78, 5) is 4.39. The van der Waals surface area contributed by atoms with Gasteiger partial charge in [-0.3, -0.25) is 4.98 Å². The Morgan fingerprint density at radius 2 is 1.89 bits per heavy atom. The average Bonchev–Trinajstić information content (AvgIpc) is 2.51. The van der Waals surface area contributed by atoms with Gasteiger partial charge in [-0.25, -0.2) is 0 Å². The highest BCUT2D eigenvalue weighted by atomic mass is 35.5. The van der Waals surface area contributed by atoms with Crippen molar-refractivity contribution in [2.75, 3.05) is 0 Å². The molecule has 1 aliphatic rings. The predicted octanol–water partition coefficient (Wildman–Crippen LogP) is 2.76. The van der Waals surface area contributed by atoms with E-state index in [4.69, 9.17) is 20.9 Å². The Hall–Kier alpha value is -0.835. The molecule has 1 aliphatic heterocycles. The fraction of sp³-hybridized carbons (Fsp3) is 0.500. The molecule has 1 fully saturated rings. The Bertz CT molecular complexity index is 486. The van der Waals surface area contributed by atoms with E-state index in [0.29, 0.717) is 17.0 Å². The molecule has 1 saturated heterocycles. The van der Waals surface area contributed by atoms with Crippen molar-refractivity contribution < 1.29 is 9.31 Å². The molecule has 102 valence electrons. The molecule has 19 heavy (non-hydrogen) atoms. The summed E-state index contributed by atoms with van der Waals surface area (Å²) in [5.74, 6) is 0. The first-order chi connectivity index (χ1) is 8.77. The summed E-state index contributed by atoms with van der Waals surface area (Å²) in [5, 5.41) is 0.666. The molecule has 0 radical (unpaired) electrons. The summed E-state index contributed by atoms with van der Waals surface area (Å²) in [6.07, 6.45) is 4.26. The van der Waals surface area contributed by atoms with Crippen molar-refractivity contribution >= 4 is 24.3 Å². The molecule has 0 amide bonds. The number of halogens is 1. The van der Waals surface area contributed by atoms with Crippen LogP contribution in [0.2, 0.25) is 5.02 Å². The molecule has 0 aliphatic carbocycles. The minimum Gasteiger partial charge on any atom is -0.398 e. The number of hydrogen-bond acceptors (Lipinski definition) is 3. The quantitative estimate of drug-likeness (QED) is 0.630. The summed E-state index contributed by atoms with van der Waals surface area (Å²) < 4.78 is 11.9. The van der Waals surface area contributed by atoms with Gasteiger partial charge in [0.1, 0.15) is 0 Å². The van der Waals surface area contributed by atoms with Crippen molar-refractivity contribution in [2.45, 2.75) is 45.3 Å².